The zero-order chi connectivity index (χ0) is 14.4. The molecule has 0 saturated carbocycles. The normalized spacial score (nSPS) is 10.2. The number of aromatic nitrogens is 1. The Morgan fingerprint density at radius 2 is 2.00 bits per heavy atom. The van der Waals surface area contributed by atoms with Gasteiger partial charge in [-0.2, -0.15) is 0 Å². The minimum absolute atomic E-state index is 0.204. The van der Waals surface area contributed by atoms with Gasteiger partial charge < -0.3 is 9.84 Å². The van der Waals surface area contributed by atoms with E-state index in [-0.39, 0.29) is 5.56 Å². The molecule has 2 aromatic rings. The van der Waals surface area contributed by atoms with Crippen LogP contribution in [0.5, 0.6) is 5.75 Å². The molecule has 104 valence electrons. The van der Waals surface area contributed by atoms with E-state index in [1.54, 1.807) is 23.9 Å². The number of hydrogen-bond acceptors (Lipinski definition) is 4. The van der Waals surface area contributed by atoms with Crippen LogP contribution < -0.4 is 4.74 Å². The number of aromatic carboxylic acids is 1. The Labute approximate surface area is 121 Å². The summed E-state index contributed by atoms with van der Waals surface area (Å²) >= 11 is 1.57. The van der Waals surface area contributed by atoms with Crippen molar-refractivity contribution in [1.82, 2.24) is 4.98 Å². The average Bonchev–Trinajstić information content (AvgIpc) is 2.47. The van der Waals surface area contributed by atoms with E-state index < -0.39 is 5.97 Å². The highest BCUT2D eigenvalue weighted by molar-refractivity contribution is 7.98. The smallest absolute Gasteiger partial charge is 0.337 e. The summed E-state index contributed by atoms with van der Waals surface area (Å²) in [5.41, 5.74) is 1.37. The molecule has 0 atom stereocenters. The fraction of sp³-hybridized carbons (Fsp3) is 0.200. The van der Waals surface area contributed by atoms with Crippen LogP contribution in [0.3, 0.4) is 0 Å². The molecule has 0 amide bonds. The van der Waals surface area contributed by atoms with Gasteiger partial charge in [0.15, 0.2) is 0 Å². The van der Waals surface area contributed by atoms with Gasteiger partial charge in [0.25, 0.3) is 0 Å². The number of carboxylic acids is 1. The molecule has 1 N–H and O–H groups in total. The summed E-state index contributed by atoms with van der Waals surface area (Å²) in [6, 6.07) is 11.2. The van der Waals surface area contributed by atoms with E-state index in [0.717, 1.165) is 16.5 Å². The Morgan fingerprint density at radius 3 is 2.55 bits per heavy atom. The van der Waals surface area contributed by atoms with Crippen molar-refractivity contribution in [3.63, 3.8) is 0 Å². The largest absolute Gasteiger partial charge is 0.494 e. The molecule has 0 unspecified atom stereocenters. The molecule has 0 radical (unpaired) electrons. The van der Waals surface area contributed by atoms with Crippen LogP contribution in [0, 0.1) is 0 Å². The quantitative estimate of drug-likeness (QED) is 0.825. The predicted octanol–water partition coefficient (Wildman–Crippen LogP) is 3.47. The number of hydrogen-bond donors (Lipinski definition) is 1. The third-order valence-corrected chi connectivity index (χ3v) is 3.62. The van der Waals surface area contributed by atoms with Gasteiger partial charge in [0.2, 0.25) is 0 Å². The fourth-order valence-electron chi connectivity index (χ4n) is 1.60. The molecule has 0 bridgehead atoms. The number of ether oxygens (including phenoxy) is 1. The Kier molecular flexibility index (Phi) is 5.01. The van der Waals surface area contributed by atoms with E-state index in [0.29, 0.717) is 6.61 Å². The van der Waals surface area contributed by atoms with Crippen LogP contribution in [-0.4, -0.2) is 22.7 Å². The molecular weight excluding hydrogens is 274 g/mol. The average molecular weight is 289 g/mol. The maximum atomic E-state index is 10.7. The zero-order valence-electron chi connectivity index (χ0n) is 11.1. The number of rotatable bonds is 6. The molecule has 4 nitrogen and oxygen atoms in total. The second-order valence-corrected chi connectivity index (χ2v) is 5.05. The second-order valence-electron chi connectivity index (χ2n) is 4.06. The molecule has 0 aliphatic carbocycles. The lowest BCUT2D eigenvalue weighted by molar-refractivity contribution is 0.0696. The highest BCUT2D eigenvalue weighted by Crippen LogP contribution is 2.22. The molecule has 2 rings (SSSR count). The molecule has 0 aliphatic heterocycles. The van der Waals surface area contributed by atoms with E-state index in [9.17, 15) is 4.79 Å². The van der Waals surface area contributed by atoms with Gasteiger partial charge in [0.05, 0.1) is 17.2 Å². The van der Waals surface area contributed by atoms with Crippen LogP contribution in [0.1, 0.15) is 22.8 Å². The van der Waals surface area contributed by atoms with Gasteiger partial charge in [-0.15, -0.1) is 11.8 Å². The van der Waals surface area contributed by atoms with E-state index in [1.807, 2.05) is 31.2 Å². The fourth-order valence-corrected chi connectivity index (χ4v) is 2.40. The molecule has 5 heteroatoms. The monoisotopic (exact) mass is 289 g/mol. The summed E-state index contributed by atoms with van der Waals surface area (Å²) < 4.78 is 5.38. The topological polar surface area (TPSA) is 59.4 Å². The summed E-state index contributed by atoms with van der Waals surface area (Å²) in [4.78, 5) is 14.8. The number of benzene rings is 1. The Balaban J connectivity index is 1.92. The number of carbonyl (C=O) groups is 1. The zero-order valence-corrected chi connectivity index (χ0v) is 11.9. The van der Waals surface area contributed by atoms with Crippen LogP contribution >= 0.6 is 11.8 Å². The first-order chi connectivity index (χ1) is 9.69. The molecule has 0 aliphatic rings. The van der Waals surface area contributed by atoms with Crippen molar-refractivity contribution in [3.8, 4) is 5.75 Å². The van der Waals surface area contributed by atoms with Gasteiger partial charge in [-0.25, -0.2) is 9.78 Å². The summed E-state index contributed by atoms with van der Waals surface area (Å²) in [6.07, 6.45) is 1.38. The molecule has 1 aromatic heterocycles. The first-order valence-electron chi connectivity index (χ1n) is 6.23. The van der Waals surface area contributed by atoms with Crippen LogP contribution in [0.15, 0.2) is 47.6 Å². The van der Waals surface area contributed by atoms with Crippen molar-refractivity contribution in [2.24, 2.45) is 0 Å². The number of pyridine rings is 1. The van der Waals surface area contributed by atoms with Gasteiger partial charge in [-0.05, 0) is 36.8 Å². The third kappa shape index (κ3) is 3.99. The number of nitrogens with zero attached hydrogens (tertiary/aromatic N) is 1. The van der Waals surface area contributed by atoms with Crippen LogP contribution in [-0.2, 0) is 5.75 Å². The molecule has 20 heavy (non-hydrogen) atoms. The van der Waals surface area contributed by atoms with E-state index >= 15 is 0 Å². The lowest BCUT2D eigenvalue weighted by atomic mass is 10.2. The van der Waals surface area contributed by atoms with Crippen LogP contribution in [0.2, 0.25) is 0 Å². The maximum Gasteiger partial charge on any atom is 0.337 e. The molecular formula is C15H15NO3S. The van der Waals surface area contributed by atoms with Crippen molar-refractivity contribution in [1.29, 1.82) is 0 Å². The van der Waals surface area contributed by atoms with Gasteiger partial charge in [0, 0.05) is 11.9 Å². The minimum Gasteiger partial charge on any atom is -0.494 e. The third-order valence-electron chi connectivity index (χ3n) is 2.60. The summed E-state index contributed by atoms with van der Waals surface area (Å²) in [7, 11) is 0. The van der Waals surface area contributed by atoms with Gasteiger partial charge in [-0.3, -0.25) is 0 Å². The lowest BCUT2D eigenvalue weighted by Gasteiger charge is -2.05. The molecule has 0 spiro atoms. The highest BCUT2D eigenvalue weighted by atomic mass is 32.2. The molecule has 0 fully saturated rings. The molecule has 0 saturated heterocycles. The Bertz CT molecular complexity index is 567. The number of carboxylic acid groups (broad SMARTS) is 1. The predicted molar refractivity (Wildman–Crippen MR) is 78.4 cm³/mol. The van der Waals surface area contributed by atoms with Crippen LogP contribution in [0.4, 0.5) is 0 Å². The summed E-state index contributed by atoms with van der Waals surface area (Å²) in [5, 5.41) is 9.60. The first-order valence-corrected chi connectivity index (χ1v) is 7.21. The van der Waals surface area contributed by atoms with Gasteiger partial charge in [-0.1, -0.05) is 12.1 Å². The molecule has 1 aromatic carbocycles. The summed E-state index contributed by atoms with van der Waals surface area (Å²) in [6.45, 7) is 2.62. The van der Waals surface area contributed by atoms with E-state index in [1.165, 1.54) is 11.8 Å². The summed E-state index contributed by atoms with van der Waals surface area (Å²) in [5.74, 6) is 0.692. The van der Waals surface area contributed by atoms with Crippen molar-refractivity contribution in [3.05, 3.63) is 53.7 Å². The van der Waals surface area contributed by atoms with E-state index in [4.69, 9.17) is 9.84 Å². The van der Waals surface area contributed by atoms with Crippen molar-refractivity contribution >= 4 is 17.7 Å². The Hall–Kier alpha value is -2.01. The first kappa shape index (κ1) is 14.4. The molecule has 1 heterocycles. The maximum absolute atomic E-state index is 10.7. The van der Waals surface area contributed by atoms with E-state index in [2.05, 4.69) is 4.98 Å². The standard InChI is InChI=1S/C15H15NO3S/c1-2-19-13-6-3-11(4-7-13)10-20-14-8-5-12(9-16-14)15(17)18/h3-9H,2,10H2,1H3,(H,17,18). The van der Waals surface area contributed by atoms with Crippen molar-refractivity contribution in [2.45, 2.75) is 17.7 Å². The number of thioether (sulfide) groups is 1. The lowest BCUT2D eigenvalue weighted by Crippen LogP contribution is -1.96. The van der Waals surface area contributed by atoms with Gasteiger partial charge >= 0.3 is 5.97 Å². The van der Waals surface area contributed by atoms with Crippen molar-refractivity contribution in [2.75, 3.05) is 6.61 Å². The second kappa shape index (κ2) is 6.96. The minimum atomic E-state index is -0.958. The van der Waals surface area contributed by atoms with Gasteiger partial charge in [0.1, 0.15) is 5.75 Å². The Morgan fingerprint density at radius 1 is 1.25 bits per heavy atom. The highest BCUT2D eigenvalue weighted by Gasteiger charge is 2.03. The van der Waals surface area contributed by atoms with Crippen molar-refractivity contribution < 1.29 is 14.6 Å². The SMILES string of the molecule is CCOc1ccc(CSc2ccc(C(=O)O)cn2)cc1. The van der Waals surface area contributed by atoms with Crippen LogP contribution in [0.25, 0.3) is 0 Å².